The van der Waals surface area contributed by atoms with E-state index < -0.39 is 0 Å². The number of aromatic nitrogens is 3. The number of nitrogens with one attached hydrogen (secondary N) is 1. The van der Waals surface area contributed by atoms with Gasteiger partial charge in [-0.05, 0) is 31.2 Å². The minimum atomic E-state index is 0.526. The first-order chi connectivity index (χ1) is 8.33. The number of nitrogens with zero attached hydrogens (tertiary/aromatic N) is 3. The lowest BCUT2D eigenvalue weighted by Gasteiger charge is -2.13. The van der Waals surface area contributed by atoms with Crippen LogP contribution in [0.15, 0.2) is 18.3 Å². The minimum absolute atomic E-state index is 0.526. The van der Waals surface area contributed by atoms with E-state index in [0.717, 1.165) is 28.4 Å². The highest BCUT2D eigenvalue weighted by molar-refractivity contribution is 7.99. The molecule has 5 heteroatoms. The summed E-state index contributed by atoms with van der Waals surface area (Å²) in [5.74, 6) is 4.08. The number of aryl methyl sites for hydroxylation is 1. The maximum absolute atomic E-state index is 4.49. The Hall–Kier alpha value is -1.36. The number of hydrogen-bond acceptors (Lipinski definition) is 5. The fourth-order valence-corrected chi connectivity index (χ4v) is 3.18. The fourth-order valence-electron chi connectivity index (χ4n) is 2.02. The normalized spacial score (nSPS) is 19.7. The highest BCUT2D eigenvalue weighted by Gasteiger charge is 2.17. The monoisotopic (exact) mass is 246 g/mol. The zero-order valence-corrected chi connectivity index (χ0v) is 10.5. The first kappa shape index (κ1) is 10.8. The molecule has 1 saturated heterocycles. The molecule has 0 spiro atoms. The van der Waals surface area contributed by atoms with E-state index in [1.54, 1.807) is 6.20 Å². The molecule has 1 aliphatic heterocycles. The van der Waals surface area contributed by atoms with Gasteiger partial charge in [0.25, 0.3) is 0 Å². The molecule has 0 unspecified atom stereocenters. The maximum atomic E-state index is 4.49. The summed E-state index contributed by atoms with van der Waals surface area (Å²) < 4.78 is 0. The molecule has 0 aliphatic carbocycles. The van der Waals surface area contributed by atoms with Crippen LogP contribution in [0.2, 0.25) is 0 Å². The molecule has 1 atom stereocenters. The Morgan fingerprint density at radius 2 is 2.35 bits per heavy atom. The van der Waals surface area contributed by atoms with Crippen molar-refractivity contribution in [1.82, 2.24) is 15.0 Å². The van der Waals surface area contributed by atoms with Crippen molar-refractivity contribution in [3.8, 4) is 0 Å². The molecule has 0 amide bonds. The van der Waals surface area contributed by atoms with Gasteiger partial charge in [0, 0.05) is 18.0 Å². The first-order valence-corrected chi connectivity index (χ1v) is 6.92. The van der Waals surface area contributed by atoms with E-state index in [-0.39, 0.29) is 0 Å². The number of pyridine rings is 1. The van der Waals surface area contributed by atoms with Crippen LogP contribution in [0.4, 0.5) is 5.82 Å². The number of fused-ring (bicyclic) bond motifs is 1. The fraction of sp³-hybridized carbons (Fsp3) is 0.417. The van der Waals surface area contributed by atoms with E-state index in [2.05, 4.69) is 20.3 Å². The summed E-state index contributed by atoms with van der Waals surface area (Å²) >= 11 is 1.99. The zero-order chi connectivity index (χ0) is 11.7. The summed E-state index contributed by atoms with van der Waals surface area (Å²) in [5, 5.41) is 4.52. The number of rotatable bonds is 2. The topological polar surface area (TPSA) is 50.7 Å². The van der Waals surface area contributed by atoms with Gasteiger partial charge in [0.2, 0.25) is 0 Å². The van der Waals surface area contributed by atoms with Crippen molar-refractivity contribution in [3.63, 3.8) is 0 Å². The molecule has 1 aliphatic rings. The molecule has 17 heavy (non-hydrogen) atoms. The molecule has 0 radical (unpaired) electrons. The Kier molecular flexibility index (Phi) is 2.84. The van der Waals surface area contributed by atoms with Crippen LogP contribution in [0.25, 0.3) is 11.0 Å². The predicted molar refractivity (Wildman–Crippen MR) is 71.4 cm³/mol. The van der Waals surface area contributed by atoms with Gasteiger partial charge >= 0.3 is 0 Å². The van der Waals surface area contributed by atoms with Crippen LogP contribution in [-0.2, 0) is 0 Å². The molecule has 0 aromatic carbocycles. The summed E-state index contributed by atoms with van der Waals surface area (Å²) in [6.07, 6.45) is 2.97. The van der Waals surface area contributed by atoms with Crippen molar-refractivity contribution in [2.45, 2.75) is 19.4 Å². The van der Waals surface area contributed by atoms with Gasteiger partial charge < -0.3 is 5.32 Å². The summed E-state index contributed by atoms with van der Waals surface area (Å²) in [4.78, 5) is 13.1. The molecular weight excluding hydrogens is 232 g/mol. The van der Waals surface area contributed by atoms with Crippen LogP contribution < -0.4 is 5.32 Å². The molecular formula is C12H14N4S. The summed E-state index contributed by atoms with van der Waals surface area (Å²) in [6.45, 7) is 1.91. The molecule has 1 fully saturated rings. The lowest BCUT2D eigenvalue weighted by molar-refractivity contribution is 0.806. The molecule has 2 aromatic rings. The Morgan fingerprint density at radius 3 is 3.18 bits per heavy atom. The standard InChI is InChI=1S/C12H14N4S/c1-8-14-11-10(3-2-5-13-11)12(15-8)16-9-4-6-17-7-9/h2-3,5,9H,4,6-7H2,1H3,(H,13,14,15,16)/t9-/m0/s1. The number of hydrogen-bond donors (Lipinski definition) is 1. The van der Waals surface area contributed by atoms with Gasteiger partial charge in [0.1, 0.15) is 11.6 Å². The summed E-state index contributed by atoms with van der Waals surface area (Å²) in [7, 11) is 0. The van der Waals surface area contributed by atoms with Gasteiger partial charge in [0.15, 0.2) is 5.65 Å². The van der Waals surface area contributed by atoms with Crippen LogP contribution in [0.1, 0.15) is 12.2 Å². The van der Waals surface area contributed by atoms with Gasteiger partial charge in [-0.1, -0.05) is 0 Å². The third kappa shape index (κ3) is 2.20. The van der Waals surface area contributed by atoms with Gasteiger partial charge in [0.05, 0.1) is 5.39 Å². The number of thioether (sulfide) groups is 1. The van der Waals surface area contributed by atoms with Gasteiger partial charge in [-0.25, -0.2) is 15.0 Å². The Labute approximate surface area is 104 Å². The molecule has 3 heterocycles. The zero-order valence-electron chi connectivity index (χ0n) is 9.68. The maximum Gasteiger partial charge on any atom is 0.164 e. The highest BCUT2D eigenvalue weighted by Crippen LogP contribution is 2.24. The Balaban J connectivity index is 2.01. The van der Waals surface area contributed by atoms with E-state index in [1.807, 2.05) is 30.8 Å². The van der Waals surface area contributed by atoms with E-state index in [9.17, 15) is 0 Å². The van der Waals surface area contributed by atoms with Crippen molar-refractivity contribution in [1.29, 1.82) is 0 Å². The molecule has 3 rings (SSSR count). The average Bonchev–Trinajstić information content (AvgIpc) is 2.81. The number of anilines is 1. The largest absolute Gasteiger partial charge is 0.366 e. The van der Waals surface area contributed by atoms with Crippen molar-refractivity contribution in [2.75, 3.05) is 16.8 Å². The smallest absolute Gasteiger partial charge is 0.164 e. The van der Waals surface area contributed by atoms with Crippen molar-refractivity contribution in [2.24, 2.45) is 0 Å². The first-order valence-electron chi connectivity index (χ1n) is 5.76. The van der Waals surface area contributed by atoms with Crippen LogP contribution >= 0.6 is 11.8 Å². The highest BCUT2D eigenvalue weighted by atomic mass is 32.2. The Bertz CT molecular complexity index is 537. The quantitative estimate of drug-likeness (QED) is 0.880. The summed E-state index contributed by atoms with van der Waals surface area (Å²) in [5.41, 5.74) is 0.771. The van der Waals surface area contributed by atoms with Crippen molar-refractivity contribution in [3.05, 3.63) is 24.2 Å². The van der Waals surface area contributed by atoms with Crippen LogP contribution in [0.3, 0.4) is 0 Å². The van der Waals surface area contributed by atoms with Crippen LogP contribution in [0.5, 0.6) is 0 Å². The third-order valence-electron chi connectivity index (χ3n) is 2.85. The molecule has 0 saturated carbocycles. The lowest BCUT2D eigenvalue weighted by atomic mass is 10.2. The third-order valence-corrected chi connectivity index (χ3v) is 4.02. The van der Waals surface area contributed by atoms with E-state index in [4.69, 9.17) is 0 Å². The van der Waals surface area contributed by atoms with Gasteiger partial charge in [-0.3, -0.25) is 0 Å². The second-order valence-electron chi connectivity index (χ2n) is 4.20. The van der Waals surface area contributed by atoms with E-state index >= 15 is 0 Å². The molecule has 4 nitrogen and oxygen atoms in total. The van der Waals surface area contributed by atoms with Crippen molar-refractivity contribution < 1.29 is 0 Å². The van der Waals surface area contributed by atoms with Crippen LogP contribution in [0, 0.1) is 6.92 Å². The second kappa shape index (κ2) is 4.49. The second-order valence-corrected chi connectivity index (χ2v) is 5.35. The molecule has 88 valence electrons. The Morgan fingerprint density at radius 1 is 1.41 bits per heavy atom. The minimum Gasteiger partial charge on any atom is -0.366 e. The van der Waals surface area contributed by atoms with E-state index in [1.165, 1.54) is 12.2 Å². The lowest BCUT2D eigenvalue weighted by Crippen LogP contribution is -2.19. The average molecular weight is 246 g/mol. The molecule has 0 bridgehead atoms. The predicted octanol–water partition coefficient (Wildman–Crippen LogP) is 2.25. The van der Waals surface area contributed by atoms with Gasteiger partial charge in [-0.15, -0.1) is 0 Å². The van der Waals surface area contributed by atoms with Gasteiger partial charge in [-0.2, -0.15) is 11.8 Å². The molecule has 1 N–H and O–H groups in total. The van der Waals surface area contributed by atoms with Crippen molar-refractivity contribution >= 4 is 28.6 Å². The van der Waals surface area contributed by atoms with Crippen LogP contribution in [-0.4, -0.2) is 32.5 Å². The molecule has 2 aromatic heterocycles. The summed E-state index contributed by atoms with van der Waals surface area (Å²) in [6, 6.07) is 4.47. The van der Waals surface area contributed by atoms with E-state index in [0.29, 0.717) is 6.04 Å². The SMILES string of the molecule is Cc1nc(N[C@H]2CCSC2)c2cccnc2n1.